The Bertz CT molecular complexity index is 1100. The van der Waals surface area contributed by atoms with E-state index in [0.29, 0.717) is 40.4 Å². The van der Waals surface area contributed by atoms with E-state index in [-0.39, 0.29) is 18.0 Å². The Hall–Kier alpha value is -3.06. The number of rotatable bonds is 5. The van der Waals surface area contributed by atoms with E-state index in [2.05, 4.69) is 15.0 Å². The van der Waals surface area contributed by atoms with Crippen molar-refractivity contribution in [3.8, 4) is 17.3 Å². The van der Waals surface area contributed by atoms with Crippen molar-refractivity contribution in [3.63, 3.8) is 0 Å². The minimum Gasteiger partial charge on any atom is -0.475 e. The summed E-state index contributed by atoms with van der Waals surface area (Å²) in [6, 6.07) is 9.82. The molecule has 0 bridgehead atoms. The Kier molecular flexibility index (Phi) is 5.28. The average molecular weight is 439 g/mol. The Morgan fingerprint density at radius 3 is 2.77 bits per heavy atom. The van der Waals surface area contributed by atoms with Crippen molar-refractivity contribution in [1.82, 2.24) is 19.9 Å². The van der Waals surface area contributed by atoms with Crippen molar-refractivity contribution in [2.45, 2.75) is 31.3 Å². The van der Waals surface area contributed by atoms with Crippen LogP contribution in [-0.2, 0) is 0 Å². The molecule has 0 spiro atoms. The second-order valence-corrected chi connectivity index (χ2v) is 8.33. The van der Waals surface area contributed by atoms with Gasteiger partial charge in [0, 0.05) is 35.1 Å². The van der Waals surface area contributed by atoms with Gasteiger partial charge in [0.2, 0.25) is 5.88 Å². The van der Waals surface area contributed by atoms with Crippen molar-refractivity contribution in [3.05, 3.63) is 71.4 Å². The molecule has 2 aliphatic rings. The SMILES string of the molecule is O=C(c1cc(Cl)ccc1-c1ncccn1)N1[C@H](COc2ccc(F)cn2)CC[C@H]2C[C@H]21. The molecule has 1 saturated heterocycles. The number of piperidine rings is 1. The third-order valence-electron chi connectivity index (χ3n) is 5.88. The maximum absolute atomic E-state index is 13.7. The van der Waals surface area contributed by atoms with Gasteiger partial charge in [-0.25, -0.2) is 19.3 Å². The minimum atomic E-state index is -0.417. The summed E-state index contributed by atoms with van der Waals surface area (Å²) in [5.74, 6) is 0.833. The van der Waals surface area contributed by atoms with Crippen molar-refractivity contribution in [2.24, 2.45) is 5.92 Å². The van der Waals surface area contributed by atoms with Crippen LogP contribution < -0.4 is 4.74 Å². The molecular formula is C23H20ClFN4O2. The summed E-state index contributed by atoms with van der Waals surface area (Å²) in [7, 11) is 0. The molecule has 0 radical (unpaired) electrons. The number of aromatic nitrogens is 3. The zero-order valence-electron chi connectivity index (χ0n) is 16.6. The number of fused-ring (bicyclic) bond motifs is 1. The first kappa shape index (κ1) is 19.9. The minimum absolute atomic E-state index is 0.0992. The van der Waals surface area contributed by atoms with Crippen LogP contribution in [0.3, 0.4) is 0 Å². The largest absolute Gasteiger partial charge is 0.475 e. The second kappa shape index (κ2) is 8.23. The first-order valence-electron chi connectivity index (χ1n) is 10.2. The molecule has 8 heteroatoms. The van der Waals surface area contributed by atoms with E-state index in [1.165, 1.54) is 12.1 Å². The maximum atomic E-state index is 13.7. The number of nitrogens with zero attached hydrogens (tertiary/aromatic N) is 4. The lowest BCUT2D eigenvalue weighted by atomic mass is 9.99. The Labute approximate surface area is 184 Å². The van der Waals surface area contributed by atoms with Crippen molar-refractivity contribution >= 4 is 17.5 Å². The second-order valence-electron chi connectivity index (χ2n) is 7.89. The van der Waals surface area contributed by atoms with Gasteiger partial charge in [-0.2, -0.15) is 0 Å². The summed E-state index contributed by atoms with van der Waals surface area (Å²) >= 11 is 6.25. The van der Waals surface area contributed by atoms with Crippen LogP contribution in [0.15, 0.2) is 55.0 Å². The van der Waals surface area contributed by atoms with Gasteiger partial charge in [0.1, 0.15) is 12.4 Å². The highest BCUT2D eigenvalue weighted by Crippen LogP contribution is 2.46. The van der Waals surface area contributed by atoms with Gasteiger partial charge in [0.05, 0.1) is 17.8 Å². The fourth-order valence-electron chi connectivity index (χ4n) is 4.27. The van der Waals surface area contributed by atoms with Gasteiger partial charge in [-0.05, 0) is 55.5 Å². The third-order valence-corrected chi connectivity index (χ3v) is 6.12. The van der Waals surface area contributed by atoms with Crippen LogP contribution in [0.5, 0.6) is 5.88 Å². The molecule has 3 atom stereocenters. The molecule has 1 aromatic carbocycles. The zero-order valence-corrected chi connectivity index (χ0v) is 17.4. The van der Waals surface area contributed by atoms with E-state index in [1.807, 2.05) is 4.90 Å². The predicted molar refractivity (Wildman–Crippen MR) is 113 cm³/mol. The Balaban J connectivity index is 1.43. The number of hydrogen-bond donors (Lipinski definition) is 0. The number of likely N-dealkylation sites (tertiary alicyclic amines) is 1. The monoisotopic (exact) mass is 438 g/mol. The van der Waals surface area contributed by atoms with Crippen molar-refractivity contribution in [2.75, 3.05) is 6.61 Å². The lowest BCUT2D eigenvalue weighted by Crippen LogP contribution is -2.48. The molecule has 0 N–H and O–H groups in total. The highest BCUT2D eigenvalue weighted by Gasteiger charge is 2.50. The summed E-state index contributed by atoms with van der Waals surface area (Å²) in [6.45, 7) is 0.297. The summed E-state index contributed by atoms with van der Waals surface area (Å²) in [5, 5.41) is 0.482. The number of halogens is 2. The highest BCUT2D eigenvalue weighted by atomic mass is 35.5. The first-order valence-corrected chi connectivity index (χ1v) is 10.6. The Morgan fingerprint density at radius 1 is 1.16 bits per heavy atom. The zero-order chi connectivity index (χ0) is 21.4. The summed E-state index contributed by atoms with van der Waals surface area (Å²) in [5.41, 5.74) is 1.13. The molecule has 1 aliphatic heterocycles. The number of carbonyl (C=O) groups is 1. The van der Waals surface area contributed by atoms with Gasteiger partial charge in [0.15, 0.2) is 5.82 Å². The molecule has 1 saturated carbocycles. The third kappa shape index (κ3) is 4.10. The molecule has 3 aromatic rings. The molecule has 1 aliphatic carbocycles. The van der Waals surface area contributed by atoms with Crippen molar-refractivity contribution in [1.29, 1.82) is 0 Å². The molecule has 2 aromatic heterocycles. The molecule has 0 unspecified atom stereocenters. The van der Waals surface area contributed by atoms with Crippen LogP contribution in [0.2, 0.25) is 5.02 Å². The van der Waals surface area contributed by atoms with Crippen LogP contribution in [-0.4, -0.2) is 44.4 Å². The van der Waals surface area contributed by atoms with Crippen LogP contribution in [0.1, 0.15) is 29.6 Å². The molecule has 1 amide bonds. The molecule has 6 nitrogen and oxygen atoms in total. The van der Waals surface area contributed by atoms with Crippen LogP contribution in [0.25, 0.3) is 11.4 Å². The first-order chi connectivity index (χ1) is 15.1. The van der Waals surface area contributed by atoms with E-state index in [4.69, 9.17) is 16.3 Å². The lowest BCUT2D eigenvalue weighted by molar-refractivity contribution is 0.0495. The van der Waals surface area contributed by atoms with E-state index < -0.39 is 5.82 Å². The highest BCUT2D eigenvalue weighted by molar-refractivity contribution is 6.31. The van der Waals surface area contributed by atoms with E-state index in [1.54, 1.807) is 36.7 Å². The van der Waals surface area contributed by atoms with Crippen molar-refractivity contribution < 1.29 is 13.9 Å². The maximum Gasteiger partial charge on any atom is 0.255 e. The van der Waals surface area contributed by atoms with Gasteiger partial charge in [-0.15, -0.1) is 0 Å². The number of ether oxygens (including phenoxy) is 1. The standard InChI is InChI=1S/C23H20ClFN4O2/c24-15-3-6-18(22-26-8-1-9-27-22)19(11-15)23(30)29-17(5-2-14-10-20(14)29)13-31-21-7-4-16(25)12-28-21/h1,3-4,6-9,11-12,14,17,20H,2,5,10,13H2/t14-,17-,20+/m0/s1. The predicted octanol–water partition coefficient (Wildman–Crippen LogP) is 4.40. The van der Waals surface area contributed by atoms with E-state index in [9.17, 15) is 9.18 Å². The number of pyridine rings is 1. The molecule has 158 valence electrons. The smallest absolute Gasteiger partial charge is 0.255 e. The van der Waals surface area contributed by atoms with Crippen LogP contribution >= 0.6 is 11.6 Å². The topological polar surface area (TPSA) is 68.2 Å². The number of carbonyl (C=O) groups excluding carboxylic acids is 1. The molecule has 3 heterocycles. The van der Waals surface area contributed by atoms with Gasteiger partial charge in [-0.3, -0.25) is 4.79 Å². The lowest BCUT2D eigenvalue weighted by Gasteiger charge is -2.36. The normalized spacial score (nSPS) is 22.0. The quantitative estimate of drug-likeness (QED) is 0.590. The summed E-state index contributed by atoms with van der Waals surface area (Å²) in [6.07, 6.45) is 7.31. The van der Waals surface area contributed by atoms with Crippen LogP contribution in [0, 0.1) is 11.7 Å². The van der Waals surface area contributed by atoms with Crippen LogP contribution in [0.4, 0.5) is 4.39 Å². The fourth-order valence-corrected chi connectivity index (χ4v) is 4.45. The van der Waals surface area contributed by atoms with E-state index in [0.717, 1.165) is 25.5 Å². The summed E-state index contributed by atoms with van der Waals surface area (Å²) in [4.78, 5) is 28.2. The Morgan fingerprint density at radius 2 is 2.00 bits per heavy atom. The van der Waals surface area contributed by atoms with Gasteiger partial charge in [0.25, 0.3) is 5.91 Å². The molecule has 31 heavy (non-hydrogen) atoms. The summed E-state index contributed by atoms with van der Waals surface area (Å²) < 4.78 is 18.9. The number of hydrogen-bond acceptors (Lipinski definition) is 5. The van der Waals surface area contributed by atoms with E-state index >= 15 is 0 Å². The number of amides is 1. The van der Waals surface area contributed by atoms with Gasteiger partial charge >= 0.3 is 0 Å². The van der Waals surface area contributed by atoms with Gasteiger partial charge < -0.3 is 9.64 Å². The number of benzene rings is 1. The molecular weight excluding hydrogens is 419 g/mol. The van der Waals surface area contributed by atoms with Gasteiger partial charge in [-0.1, -0.05) is 11.6 Å². The molecule has 2 fully saturated rings. The molecule has 5 rings (SSSR count). The fraction of sp³-hybridized carbons (Fsp3) is 0.304. The average Bonchev–Trinajstić information content (AvgIpc) is 3.58.